The number of nitrogens with one attached hydrogen (secondary N) is 1. The molecule has 3 aromatic rings. The number of anilines is 1. The molecule has 7 heteroatoms. The first-order valence-corrected chi connectivity index (χ1v) is 8.92. The van der Waals surface area contributed by atoms with Gasteiger partial charge in [-0.25, -0.2) is 4.98 Å². The second-order valence-corrected chi connectivity index (χ2v) is 6.79. The fourth-order valence-electron chi connectivity index (χ4n) is 3.04. The molecule has 0 unspecified atom stereocenters. The third kappa shape index (κ3) is 3.83. The van der Waals surface area contributed by atoms with Crippen molar-refractivity contribution in [2.24, 2.45) is 0 Å². The lowest BCUT2D eigenvalue weighted by atomic mass is 10.1. The Hall–Kier alpha value is -2.80. The molecule has 0 saturated heterocycles. The van der Waals surface area contributed by atoms with Crippen LogP contribution in [0.3, 0.4) is 0 Å². The molecule has 2 heterocycles. The van der Waals surface area contributed by atoms with E-state index in [0.717, 1.165) is 47.1 Å². The maximum Gasteiger partial charge on any atom is 0.161 e. The van der Waals surface area contributed by atoms with E-state index in [1.54, 1.807) is 14.2 Å². The van der Waals surface area contributed by atoms with Gasteiger partial charge < -0.3 is 19.7 Å². The Labute approximate surface area is 159 Å². The summed E-state index contributed by atoms with van der Waals surface area (Å²) in [5.41, 5.74) is 4.68. The third-order valence-corrected chi connectivity index (χ3v) is 4.47. The Bertz CT molecular complexity index is 949. The fraction of sp³-hybridized carbons (Fsp3) is 0.400. The van der Waals surface area contributed by atoms with E-state index in [4.69, 9.17) is 19.6 Å². The van der Waals surface area contributed by atoms with Crippen molar-refractivity contribution in [3.63, 3.8) is 0 Å². The molecule has 0 radical (unpaired) electrons. The number of rotatable bonds is 7. The zero-order chi connectivity index (χ0) is 19.6. The van der Waals surface area contributed by atoms with Crippen LogP contribution in [0.15, 0.2) is 24.3 Å². The smallest absolute Gasteiger partial charge is 0.161 e. The summed E-state index contributed by atoms with van der Waals surface area (Å²) < 4.78 is 12.7. The van der Waals surface area contributed by atoms with Crippen LogP contribution >= 0.6 is 0 Å². The summed E-state index contributed by atoms with van der Waals surface area (Å²) >= 11 is 0. The maximum absolute atomic E-state index is 5.44. The lowest BCUT2D eigenvalue weighted by Gasteiger charge is -2.12. The lowest BCUT2D eigenvalue weighted by Crippen LogP contribution is -2.21. The predicted octanol–water partition coefficient (Wildman–Crippen LogP) is 3.00. The van der Waals surface area contributed by atoms with Gasteiger partial charge in [0.15, 0.2) is 17.1 Å². The van der Waals surface area contributed by atoms with Gasteiger partial charge in [-0.1, -0.05) is 0 Å². The third-order valence-electron chi connectivity index (χ3n) is 4.47. The van der Waals surface area contributed by atoms with Gasteiger partial charge in [0.25, 0.3) is 0 Å². The second-order valence-electron chi connectivity index (χ2n) is 6.79. The van der Waals surface area contributed by atoms with E-state index < -0.39 is 0 Å². The minimum atomic E-state index is 0.680. The molecule has 3 rings (SSSR count). The molecule has 0 fully saturated rings. The quantitative estimate of drug-likeness (QED) is 0.691. The average Bonchev–Trinajstić information content (AvgIpc) is 2.97. The minimum Gasteiger partial charge on any atom is -0.493 e. The number of benzene rings is 1. The Morgan fingerprint density at radius 2 is 1.81 bits per heavy atom. The van der Waals surface area contributed by atoms with Gasteiger partial charge in [-0.3, -0.25) is 0 Å². The molecule has 2 aromatic heterocycles. The van der Waals surface area contributed by atoms with Gasteiger partial charge in [-0.15, -0.1) is 0 Å². The van der Waals surface area contributed by atoms with E-state index in [0.29, 0.717) is 11.5 Å². The highest BCUT2D eigenvalue weighted by molar-refractivity contribution is 5.73. The second kappa shape index (κ2) is 7.84. The monoisotopic (exact) mass is 369 g/mol. The molecular weight excluding hydrogens is 342 g/mol. The molecule has 1 N–H and O–H groups in total. The van der Waals surface area contributed by atoms with Gasteiger partial charge >= 0.3 is 0 Å². The molecule has 1 aromatic carbocycles. The number of aromatic nitrogens is 3. The van der Waals surface area contributed by atoms with Crippen molar-refractivity contribution in [1.82, 2.24) is 19.5 Å². The summed E-state index contributed by atoms with van der Waals surface area (Å²) in [7, 11) is 7.38. The first-order valence-electron chi connectivity index (χ1n) is 8.92. The number of hydrogen-bond donors (Lipinski definition) is 1. The number of nitrogens with zero attached hydrogens (tertiary/aromatic N) is 4. The molecule has 0 aliphatic heterocycles. The summed E-state index contributed by atoms with van der Waals surface area (Å²) in [6.07, 6.45) is 0. The molecule has 0 amide bonds. The molecule has 0 spiro atoms. The Morgan fingerprint density at radius 3 is 2.48 bits per heavy atom. The molecule has 0 atom stereocenters. The first kappa shape index (κ1) is 19.0. The molecule has 0 saturated carbocycles. The Kier molecular flexibility index (Phi) is 5.51. The number of fused-ring (bicyclic) bond motifs is 1. The van der Waals surface area contributed by atoms with Gasteiger partial charge in [0.2, 0.25) is 0 Å². The molecule has 27 heavy (non-hydrogen) atoms. The van der Waals surface area contributed by atoms with Crippen LogP contribution in [0.25, 0.3) is 16.9 Å². The highest BCUT2D eigenvalue weighted by Crippen LogP contribution is 2.34. The zero-order valence-corrected chi connectivity index (χ0v) is 16.8. The highest BCUT2D eigenvalue weighted by atomic mass is 16.5. The van der Waals surface area contributed by atoms with Crippen molar-refractivity contribution < 1.29 is 9.47 Å². The van der Waals surface area contributed by atoms with Crippen molar-refractivity contribution >= 4 is 11.5 Å². The number of likely N-dealkylation sites (N-methyl/N-ethyl adjacent to an activating group) is 1. The number of hydrogen-bond acceptors (Lipinski definition) is 6. The van der Waals surface area contributed by atoms with Crippen LogP contribution in [0, 0.1) is 13.8 Å². The van der Waals surface area contributed by atoms with E-state index in [1.807, 2.05) is 42.6 Å². The maximum atomic E-state index is 5.44. The lowest BCUT2D eigenvalue weighted by molar-refractivity contribution is 0.355. The topological polar surface area (TPSA) is 63.9 Å². The highest BCUT2D eigenvalue weighted by Gasteiger charge is 2.16. The number of methoxy groups -OCH3 is 2. The van der Waals surface area contributed by atoms with Crippen molar-refractivity contribution in [2.45, 2.75) is 13.8 Å². The number of aryl methyl sites for hydroxylation is 2. The fourth-order valence-corrected chi connectivity index (χ4v) is 3.04. The summed E-state index contributed by atoms with van der Waals surface area (Å²) in [5, 5.41) is 8.30. The van der Waals surface area contributed by atoms with Crippen molar-refractivity contribution in [1.29, 1.82) is 0 Å². The summed E-state index contributed by atoms with van der Waals surface area (Å²) in [6, 6.07) is 7.85. The molecule has 0 bridgehead atoms. The van der Waals surface area contributed by atoms with Crippen LogP contribution in [-0.2, 0) is 0 Å². The molecule has 0 aliphatic rings. The molecule has 144 valence electrons. The number of ether oxygens (including phenoxy) is 2. The Morgan fingerprint density at radius 1 is 1.07 bits per heavy atom. The summed E-state index contributed by atoms with van der Waals surface area (Å²) in [4.78, 5) is 6.84. The average molecular weight is 369 g/mol. The largest absolute Gasteiger partial charge is 0.493 e. The van der Waals surface area contributed by atoms with Crippen molar-refractivity contribution in [3.05, 3.63) is 35.5 Å². The molecule has 7 nitrogen and oxygen atoms in total. The van der Waals surface area contributed by atoms with Crippen LogP contribution in [-0.4, -0.2) is 60.9 Å². The van der Waals surface area contributed by atoms with Gasteiger partial charge in [0.05, 0.1) is 19.9 Å². The van der Waals surface area contributed by atoms with Crippen LogP contribution in [0.2, 0.25) is 0 Å². The van der Waals surface area contributed by atoms with Gasteiger partial charge in [-0.05, 0) is 46.1 Å². The van der Waals surface area contributed by atoms with E-state index in [9.17, 15) is 0 Å². The SMILES string of the molecule is COc1ccc(-c2nn3c(NCCN(C)C)cc(C)nc3c2C)cc1OC. The predicted molar refractivity (Wildman–Crippen MR) is 108 cm³/mol. The zero-order valence-electron chi connectivity index (χ0n) is 16.8. The first-order chi connectivity index (χ1) is 12.9. The van der Waals surface area contributed by atoms with Crippen molar-refractivity contribution in [3.8, 4) is 22.8 Å². The van der Waals surface area contributed by atoms with Crippen molar-refractivity contribution in [2.75, 3.05) is 46.7 Å². The van der Waals surface area contributed by atoms with Gasteiger partial charge in [0.1, 0.15) is 5.82 Å². The summed E-state index contributed by atoms with van der Waals surface area (Å²) in [6.45, 7) is 5.81. The van der Waals surface area contributed by atoms with E-state index in [2.05, 4.69) is 24.3 Å². The van der Waals surface area contributed by atoms with E-state index in [-0.39, 0.29) is 0 Å². The molecular formula is C20H27N5O2. The Balaban J connectivity index is 2.06. The van der Waals surface area contributed by atoms with E-state index in [1.165, 1.54) is 0 Å². The van der Waals surface area contributed by atoms with Gasteiger partial charge in [-0.2, -0.15) is 9.61 Å². The van der Waals surface area contributed by atoms with Crippen LogP contribution < -0.4 is 14.8 Å². The van der Waals surface area contributed by atoms with Crippen LogP contribution in [0.5, 0.6) is 11.5 Å². The van der Waals surface area contributed by atoms with E-state index >= 15 is 0 Å². The van der Waals surface area contributed by atoms with Crippen LogP contribution in [0.4, 0.5) is 5.82 Å². The normalized spacial score (nSPS) is 11.2. The standard InChI is InChI=1S/C20H27N5O2/c1-13-11-18(21-9-10-24(3)4)25-20(22-13)14(2)19(23-25)15-7-8-16(26-5)17(12-15)27-6/h7-8,11-12,21H,9-10H2,1-6H3. The summed E-state index contributed by atoms with van der Waals surface area (Å²) in [5.74, 6) is 2.32. The van der Waals surface area contributed by atoms with Gasteiger partial charge in [0, 0.05) is 36.0 Å². The minimum absolute atomic E-state index is 0.680. The van der Waals surface area contributed by atoms with Crippen LogP contribution in [0.1, 0.15) is 11.3 Å². The molecule has 0 aliphatic carbocycles.